The molecule has 166 valence electrons. The zero-order chi connectivity index (χ0) is 21.1. The zero-order valence-electron chi connectivity index (χ0n) is 19.8. The van der Waals surface area contributed by atoms with E-state index < -0.39 is 0 Å². The minimum atomic E-state index is -0.216. The van der Waals surface area contributed by atoms with Crippen LogP contribution in [0.2, 0.25) is 0 Å². The van der Waals surface area contributed by atoms with Crippen LogP contribution in [-0.4, -0.2) is 13.1 Å². The fourth-order valence-electron chi connectivity index (χ4n) is 7.92. The molecule has 5 unspecified atom stereocenters. The number of carbonyl (C=O) groups excluding carboxylic acids is 1. The second-order valence-electron chi connectivity index (χ2n) is 11.4. The summed E-state index contributed by atoms with van der Waals surface area (Å²) in [6.07, 6.45) is 20.3. The van der Waals surface area contributed by atoms with Crippen LogP contribution in [0.3, 0.4) is 0 Å². The highest BCUT2D eigenvalue weighted by Crippen LogP contribution is 2.60. The van der Waals surface area contributed by atoms with Gasteiger partial charge in [-0.1, -0.05) is 65.9 Å². The molecule has 0 heterocycles. The summed E-state index contributed by atoms with van der Waals surface area (Å²) in [6.45, 7) is 10.1. The van der Waals surface area contributed by atoms with Crippen molar-refractivity contribution in [2.45, 2.75) is 105 Å². The molecule has 0 aliphatic heterocycles. The van der Waals surface area contributed by atoms with E-state index >= 15 is 0 Å². The van der Waals surface area contributed by atoms with Crippen LogP contribution < -0.4 is 0 Å². The molecular formula is C27H46O2. The van der Waals surface area contributed by atoms with Crippen molar-refractivity contribution in [1.29, 1.82) is 0 Å². The van der Waals surface area contributed by atoms with E-state index in [0.29, 0.717) is 10.8 Å². The fourth-order valence-corrected chi connectivity index (χ4v) is 7.92. The van der Waals surface area contributed by atoms with Gasteiger partial charge in [0, 0.05) is 6.08 Å². The molecule has 2 nitrogen and oxygen atoms in total. The van der Waals surface area contributed by atoms with Crippen molar-refractivity contribution < 1.29 is 9.53 Å². The summed E-state index contributed by atoms with van der Waals surface area (Å²) >= 11 is 0. The standard InChI is InChI=1S/C27H46O2/c1-6-20(23-13-7-8-17-26(23,2)3)19-21-11-10-18-27(4)22(15-16-24(21)27)12-9-14-25(28)29-5/h9,14,20-24H,6-8,10-13,15-19H2,1-5H3/b14-9+/t20-,21?,22?,23?,24?,27?/m0/s1. The van der Waals surface area contributed by atoms with Gasteiger partial charge in [-0.25, -0.2) is 4.79 Å². The number of hydrogen-bond acceptors (Lipinski definition) is 2. The Morgan fingerprint density at radius 2 is 1.86 bits per heavy atom. The van der Waals surface area contributed by atoms with Gasteiger partial charge in [0.2, 0.25) is 0 Å². The Kier molecular flexibility index (Phi) is 7.55. The van der Waals surface area contributed by atoms with E-state index in [4.69, 9.17) is 4.74 Å². The highest BCUT2D eigenvalue weighted by Gasteiger charge is 2.51. The highest BCUT2D eigenvalue weighted by atomic mass is 16.5. The molecule has 6 atom stereocenters. The van der Waals surface area contributed by atoms with Crippen LogP contribution in [0.5, 0.6) is 0 Å². The highest BCUT2D eigenvalue weighted by molar-refractivity contribution is 5.81. The van der Waals surface area contributed by atoms with Gasteiger partial charge in [0.15, 0.2) is 0 Å². The van der Waals surface area contributed by atoms with Crippen LogP contribution in [0.1, 0.15) is 105 Å². The predicted molar refractivity (Wildman–Crippen MR) is 122 cm³/mol. The Bertz CT molecular complexity index is 577. The maximum atomic E-state index is 11.4. The summed E-state index contributed by atoms with van der Waals surface area (Å²) in [4.78, 5) is 11.4. The number of ether oxygens (including phenoxy) is 1. The quantitative estimate of drug-likeness (QED) is 0.324. The largest absolute Gasteiger partial charge is 0.466 e. The average Bonchev–Trinajstić information content (AvgIpc) is 3.03. The Hall–Kier alpha value is -0.790. The Morgan fingerprint density at radius 3 is 2.55 bits per heavy atom. The van der Waals surface area contributed by atoms with E-state index in [1.165, 1.54) is 77.7 Å². The number of hydrogen-bond donors (Lipinski definition) is 0. The molecule has 2 heteroatoms. The van der Waals surface area contributed by atoms with Gasteiger partial charge in [-0.15, -0.1) is 0 Å². The SMILES string of the molecule is CC[C@@H](CC1CCCC2(C)C(C/C=C/C(=O)OC)CCC12)C1CCCCC1(C)C. The fraction of sp³-hybridized carbons (Fsp3) is 0.889. The third-order valence-electron chi connectivity index (χ3n) is 9.63. The third kappa shape index (κ3) is 4.93. The molecule has 0 saturated heterocycles. The van der Waals surface area contributed by atoms with E-state index in [0.717, 1.165) is 36.0 Å². The minimum Gasteiger partial charge on any atom is -0.466 e. The molecule has 3 aliphatic rings. The van der Waals surface area contributed by atoms with Gasteiger partial charge in [-0.3, -0.25) is 0 Å². The van der Waals surface area contributed by atoms with Crippen molar-refractivity contribution in [2.24, 2.45) is 40.4 Å². The normalized spacial score (nSPS) is 38.0. The van der Waals surface area contributed by atoms with Gasteiger partial charge >= 0.3 is 5.97 Å². The van der Waals surface area contributed by atoms with Gasteiger partial charge < -0.3 is 4.74 Å². The maximum absolute atomic E-state index is 11.4. The number of carbonyl (C=O) groups is 1. The van der Waals surface area contributed by atoms with Gasteiger partial charge in [0.25, 0.3) is 0 Å². The second-order valence-corrected chi connectivity index (χ2v) is 11.4. The van der Waals surface area contributed by atoms with Crippen LogP contribution >= 0.6 is 0 Å². The van der Waals surface area contributed by atoms with E-state index in [-0.39, 0.29) is 5.97 Å². The lowest BCUT2D eigenvalue weighted by Crippen LogP contribution is -2.40. The van der Waals surface area contributed by atoms with Crippen molar-refractivity contribution in [3.8, 4) is 0 Å². The average molecular weight is 403 g/mol. The number of rotatable bonds is 7. The number of allylic oxidation sites excluding steroid dienone is 1. The molecule has 0 N–H and O–H groups in total. The summed E-state index contributed by atoms with van der Waals surface area (Å²) < 4.78 is 4.77. The molecular weight excluding hydrogens is 356 g/mol. The van der Waals surface area contributed by atoms with Crippen LogP contribution in [0.15, 0.2) is 12.2 Å². The molecule has 0 aromatic carbocycles. The summed E-state index contributed by atoms with van der Waals surface area (Å²) in [5, 5.41) is 0. The molecule has 0 amide bonds. The van der Waals surface area contributed by atoms with Crippen LogP contribution in [-0.2, 0) is 9.53 Å². The Labute approximate surface area is 180 Å². The monoisotopic (exact) mass is 402 g/mol. The van der Waals surface area contributed by atoms with E-state index in [9.17, 15) is 4.79 Å². The Balaban J connectivity index is 1.67. The van der Waals surface area contributed by atoms with Crippen LogP contribution in [0, 0.1) is 40.4 Å². The molecule has 0 aromatic rings. The third-order valence-corrected chi connectivity index (χ3v) is 9.63. The molecule has 29 heavy (non-hydrogen) atoms. The lowest BCUT2D eigenvalue weighted by molar-refractivity contribution is -0.134. The molecule has 3 fully saturated rings. The van der Waals surface area contributed by atoms with E-state index in [1.807, 2.05) is 0 Å². The molecule has 0 spiro atoms. The summed E-state index contributed by atoms with van der Waals surface area (Å²) in [5.41, 5.74) is 1.01. The number of esters is 1. The molecule has 0 radical (unpaired) electrons. The van der Waals surface area contributed by atoms with Gasteiger partial charge in [-0.05, 0) is 85.4 Å². The lowest BCUT2D eigenvalue weighted by atomic mass is 9.56. The van der Waals surface area contributed by atoms with Crippen molar-refractivity contribution in [3.05, 3.63) is 12.2 Å². The second kappa shape index (κ2) is 9.56. The summed E-state index contributed by atoms with van der Waals surface area (Å²) in [7, 11) is 1.46. The van der Waals surface area contributed by atoms with E-state index in [1.54, 1.807) is 6.08 Å². The van der Waals surface area contributed by atoms with Crippen molar-refractivity contribution in [2.75, 3.05) is 7.11 Å². The van der Waals surface area contributed by atoms with Gasteiger partial charge in [-0.2, -0.15) is 0 Å². The lowest BCUT2D eigenvalue weighted by Gasteiger charge is -2.49. The number of methoxy groups -OCH3 is 1. The first kappa shape index (κ1) is 22.9. The molecule has 0 aromatic heterocycles. The smallest absolute Gasteiger partial charge is 0.330 e. The van der Waals surface area contributed by atoms with Crippen LogP contribution in [0.4, 0.5) is 0 Å². The zero-order valence-corrected chi connectivity index (χ0v) is 19.8. The van der Waals surface area contributed by atoms with Crippen molar-refractivity contribution >= 4 is 5.97 Å². The Morgan fingerprint density at radius 1 is 1.07 bits per heavy atom. The van der Waals surface area contributed by atoms with Crippen LogP contribution in [0.25, 0.3) is 0 Å². The van der Waals surface area contributed by atoms with Crippen molar-refractivity contribution in [3.63, 3.8) is 0 Å². The maximum Gasteiger partial charge on any atom is 0.330 e. The predicted octanol–water partition coefficient (Wildman–Crippen LogP) is 7.57. The minimum absolute atomic E-state index is 0.216. The summed E-state index contributed by atoms with van der Waals surface area (Å²) in [6, 6.07) is 0. The number of fused-ring (bicyclic) bond motifs is 1. The van der Waals surface area contributed by atoms with E-state index in [2.05, 4.69) is 33.8 Å². The first-order valence-corrected chi connectivity index (χ1v) is 12.6. The van der Waals surface area contributed by atoms with Crippen molar-refractivity contribution in [1.82, 2.24) is 0 Å². The molecule has 3 rings (SSSR count). The molecule has 3 aliphatic carbocycles. The molecule has 3 saturated carbocycles. The molecule has 0 bridgehead atoms. The summed E-state index contributed by atoms with van der Waals surface area (Å²) in [5.74, 6) is 4.18. The topological polar surface area (TPSA) is 26.3 Å². The first-order chi connectivity index (χ1) is 13.8. The van der Waals surface area contributed by atoms with Gasteiger partial charge in [0.05, 0.1) is 7.11 Å². The first-order valence-electron chi connectivity index (χ1n) is 12.6. The van der Waals surface area contributed by atoms with Gasteiger partial charge in [0.1, 0.15) is 0 Å².